The molecule has 0 fully saturated rings. The van der Waals surface area contributed by atoms with Gasteiger partial charge in [0.1, 0.15) is 5.75 Å². The van der Waals surface area contributed by atoms with Crippen LogP contribution in [-0.4, -0.2) is 32.9 Å². The smallest absolute Gasteiger partial charge is 0.196 e. The van der Waals surface area contributed by atoms with Gasteiger partial charge in [0.2, 0.25) is 0 Å². The molecule has 0 N–H and O–H groups in total. The maximum atomic E-state index is 12.7. The molecule has 0 unspecified atom stereocenters. The van der Waals surface area contributed by atoms with Gasteiger partial charge in [-0.05, 0) is 54.8 Å². The maximum Gasteiger partial charge on any atom is 0.196 e. The van der Waals surface area contributed by atoms with Crippen molar-refractivity contribution in [2.45, 2.75) is 12.1 Å². The zero-order valence-electron chi connectivity index (χ0n) is 16.1. The molecule has 0 amide bonds. The Morgan fingerprint density at radius 2 is 1.90 bits per heavy atom. The molecule has 0 spiro atoms. The summed E-state index contributed by atoms with van der Waals surface area (Å²) in [4.78, 5) is 13.7. The number of nitrogens with zero attached hydrogens (tertiary/aromatic N) is 3. The summed E-state index contributed by atoms with van der Waals surface area (Å²) >= 11 is 9.10. The van der Waals surface area contributed by atoms with Gasteiger partial charge in [-0.3, -0.25) is 9.36 Å². The quantitative estimate of drug-likeness (QED) is 0.240. The van der Waals surface area contributed by atoms with Gasteiger partial charge in [-0.25, -0.2) is 0 Å². The zero-order chi connectivity index (χ0) is 20.9. The van der Waals surface area contributed by atoms with E-state index in [0.29, 0.717) is 22.3 Å². The van der Waals surface area contributed by atoms with Crippen LogP contribution in [0.4, 0.5) is 0 Å². The number of aromatic nitrogens is 3. The van der Waals surface area contributed by atoms with Gasteiger partial charge in [-0.1, -0.05) is 41.6 Å². The SMILES string of the molecule is CCOc1ccc(-n2c(SCC(=O)c3ccccc3Cl)nnc2-c2cccs2)cc1. The van der Waals surface area contributed by atoms with E-state index >= 15 is 0 Å². The first-order valence-electron chi connectivity index (χ1n) is 9.30. The van der Waals surface area contributed by atoms with Crippen molar-refractivity contribution in [1.29, 1.82) is 0 Å². The predicted molar refractivity (Wildman–Crippen MR) is 122 cm³/mol. The first-order valence-corrected chi connectivity index (χ1v) is 11.5. The highest BCUT2D eigenvalue weighted by molar-refractivity contribution is 7.99. The van der Waals surface area contributed by atoms with Crippen LogP contribution in [0.3, 0.4) is 0 Å². The van der Waals surface area contributed by atoms with Gasteiger partial charge in [-0.15, -0.1) is 21.5 Å². The van der Waals surface area contributed by atoms with Crippen LogP contribution in [0, 0.1) is 0 Å². The standard InChI is InChI=1S/C22H18ClN3O2S2/c1-2-28-16-11-9-15(10-12-16)26-21(20-8-5-13-29-20)24-25-22(26)30-14-19(27)17-6-3-4-7-18(17)23/h3-13H,2,14H2,1H3. The Balaban J connectivity index is 1.65. The fraction of sp³-hybridized carbons (Fsp3) is 0.136. The van der Waals surface area contributed by atoms with E-state index in [9.17, 15) is 4.79 Å². The molecule has 4 aromatic rings. The van der Waals surface area contributed by atoms with E-state index in [0.717, 1.165) is 22.1 Å². The number of benzene rings is 2. The third-order valence-corrected chi connectivity index (χ3v) is 6.41. The number of carbonyl (C=O) groups is 1. The minimum absolute atomic E-state index is 0.0514. The van der Waals surface area contributed by atoms with Crippen molar-refractivity contribution in [1.82, 2.24) is 14.8 Å². The van der Waals surface area contributed by atoms with Crippen molar-refractivity contribution in [2.75, 3.05) is 12.4 Å². The number of halogens is 1. The van der Waals surface area contributed by atoms with Crippen LogP contribution in [0.1, 0.15) is 17.3 Å². The highest BCUT2D eigenvalue weighted by Gasteiger charge is 2.19. The monoisotopic (exact) mass is 455 g/mol. The molecule has 2 heterocycles. The molecular formula is C22H18ClN3O2S2. The third kappa shape index (κ3) is 4.43. The van der Waals surface area contributed by atoms with Crippen LogP contribution in [0.5, 0.6) is 5.75 Å². The molecule has 0 saturated carbocycles. The van der Waals surface area contributed by atoms with Crippen molar-refractivity contribution in [3.63, 3.8) is 0 Å². The fourth-order valence-electron chi connectivity index (χ4n) is 2.91. The van der Waals surface area contributed by atoms with Gasteiger partial charge >= 0.3 is 0 Å². The second kappa shape index (κ2) is 9.47. The summed E-state index contributed by atoms with van der Waals surface area (Å²) in [7, 11) is 0. The number of carbonyl (C=O) groups excluding carboxylic acids is 1. The van der Waals surface area contributed by atoms with Crippen LogP contribution < -0.4 is 4.74 Å². The first kappa shape index (κ1) is 20.7. The molecule has 0 aliphatic rings. The van der Waals surface area contributed by atoms with E-state index in [1.807, 2.05) is 59.3 Å². The Morgan fingerprint density at radius 3 is 2.60 bits per heavy atom. The fourth-order valence-corrected chi connectivity index (χ4v) is 4.69. The molecule has 0 aliphatic heterocycles. The summed E-state index contributed by atoms with van der Waals surface area (Å²) in [6, 6.07) is 18.8. The summed E-state index contributed by atoms with van der Waals surface area (Å²) < 4.78 is 7.51. The lowest BCUT2D eigenvalue weighted by Gasteiger charge is -2.11. The molecule has 2 aromatic heterocycles. The zero-order valence-corrected chi connectivity index (χ0v) is 18.5. The second-order valence-corrected chi connectivity index (χ2v) is 8.53. The van der Waals surface area contributed by atoms with Gasteiger partial charge in [0.25, 0.3) is 0 Å². The molecule has 30 heavy (non-hydrogen) atoms. The van der Waals surface area contributed by atoms with E-state index in [1.165, 1.54) is 11.8 Å². The van der Waals surface area contributed by atoms with Crippen molar-refractivity contribution in [3.8, 4) is 22.1 Å². The van der Waals surface area contributed by atoms with E-state index in [-0.39, 0.29) is 11.5 Å². The van der Waals surface area contributed by atoms with Crippen LogP contribution in [0.15, 0.2) is 71.2 Å². The van der Waals surface area contributed by atoms with Crippen molar-refractivity contribution < 1.29 is 9.53 Å². The highest BCUT2D eigenvalue weighted by Crippen LogP contribution is 2.31. The Kier molecular flexibility index (Phi) is 6.52. The van der Waals surface area contributed by atoms with Gasteiger partial charge in [0.15, 0.2) is 16.8 Å². The van der Waals surface area contributed by atoms with Crippen molar-refractivity contribution in [3.05, 3.63) is 76.6 Å². The van der Waals surface area contributed by atoms with Crippen LogP contribution >= 0.6 is 34.7 Å². The molecule has 0 aliphatic carbocycles. The third-order valence-electron chi connectivity index (χ3n) is 4.29. The van der Waals surface area contributed by atoms with Gasteiger partial charge in [-0.2, -0.15) is 0 Å². The van der Waals surface area contributed by atoms with E-state index in [1.54, 1.807) is 29.5 Å². The summed E-state index contributed by atoms with van der Waals surface area (Å²) in [6.45, 7) is 2.56. The average molecular weight is 456 g/mol. The number of ketones is 1. The molecule has 152 valence electrons. The van der Waals surface area contributed by atoms with Gasteiger partial charge in [0, 0.05) is 5.56 Å². The number of hydrogen-bond donors (Lipinski definition) is 0. The summed E-state index contributed by atoms with van der Waals surface area (Å²) in [5.41, 5.74) is 1.41. The Hall–Kier alpha value is -2.61. The molecule has 8 heteroatoms. The molecule has 4 rings (SSSR count). The number of hydrogen-bond acceptors (Lipinski definition) is 6. The number of rotatable bonds is 8. The van der Waals surface area contributed by atoms with Crippen molar-refractivity contribution in [2.24, 2.45) is 0 Å². The second-order valence-electron chi connectivity index (χ2n) is 6.24. The minimum Gasteiger partial charge on any atom is -0.494 e. The lowest BCUT2D eigenvalue weighted by atomic mass is 10.1. The minimum atomic E-state index is -0.0514. The molecule has 0 atom stereocenters. The number of thiophene rings is 1. The summed E-state index contributed by atoms with van der Waals surface area (Å²) in [5.74, 6) is 1.70. The Bertz CT molecular complexity index is 1140. The van der Waals surface area contributed by atoms with E-state index in [2.05, 4.69) is 10.2 Å². The highest BCUT2D eigenvalue weighted by atomic mass is 35.5. The number of ether oxygens (including phenoxy) is 1. The Morgan fingerprint density at radius 1 is 1.10 bits per heavy atom. The number of Topliss-reactive ketones (excluding diaryl/α,β-unsaturated/α-hetero) is 1. The lowest BCUT2D eigenvalue weighted by molar-refractivity contribution is 0.102. The number of thioether (sulfide) groups is 1. The topological polar surface area (TPSA) is 57.0 Å². The van der Waals surface area contributed by atoms with E-state index < -0.39 is 0 Å². The average Bonchev–Trinajstić information content (AvgIpc) is 3.43. The molecule has 0 saturated heterocycles. The summed E-state index contributed by atoms with van der Waals surface area (Å²) in [6.07, 6.45) is 0. The molecule has 5 nitrogen and oxygen atoms in total. The normalized spacial score (nSPS) is 10.9. The van der Waals surface area contributed by atoms with Gasteiger partial charge < -0.3 is 4.74 Å². The Labute approximate surface area is 187 Å². The van der Waals surface area contributed by atoms with E-state index in [4.69, 9.17) is 16.3 Å². The molecule has 0 radical (unpaired) electrons. The lowest BCUT2D eigenvalue weighted by Crippen LogP contribution is -2.05. The first-order chi connectivity index (χ1) is 14.7. The molecule has 2 aromatic carbocycles. The van der Waals surface area contributed by atoms with Crippen LogP contribution in [0.2, 0.25) is 5.02 Å². The van der Waals surface area contributed by atoms with Crippen LogP contribution in [0.25, 0.3) is 16.4 Å². The largest absolute Gasteiger partial charge is 0.494 e. The van der Waals surface area contributed by atoms with Crippen LogP contribution in [-0.2, 0) is 0 Å². The maximum absolute atomic E-state index is 12.7. The predicted octanol–water partition coefficient (Wildman–Crippen LogP) is 6.02. The summed E-state index contributed by atoms with van der Waals surface area (Å²) in [5, 5.41) is 11.9. The molecular weight excluding hydrogens is 438 g/mol. The molecule has 0 bridgehead atoms. The van der Waals surface area contributed by atoms with Gasteiger partial charge in [0.05, 0.1) is 27.9 Å². The van der Waals surface area contributed by atoms with Crippen molar-refractivity contribution >= 4 is 40.5 Å².